The molecule has 120 valence electrons. The van der Waals surface area contributed by atoms with E-state index in [1.165, 1.54) is 22.7 Å². The third kappa shape index (κ3) is 3.53. The van der Waals surface area contributed by atoms with E-state index in [1.807, 2.05) is 0 Å². The van der Waals surface area contributed by atoms with Crippen LogP contribution in [0.4, 0.5) is 0 Å². The number of nitrogens with one attached hydrogen (secondary N) is 1. The van der Waals surface area contributed by atoms with Crippen molar-refractivity contribution in [1.29, 1.82) is 0 Å². The van der Waals surface area contributed by atoms with Crippen LogP contribution in [0.1, 0.15) is 19.3 Å². The highest BCUT2D eigenvalue weighted by atomic mass is 32.2. The van der Waals surface area contributed by atoms with E-state index in [-0.39, 0.29) is 18.4 Å². The summed E-state index contributed by atoms with van der Waals surface area (Å²) in [6, 6.07) is -0.450. The average molecular weight is 318 g/mol. The predicted octanol–water partition coefficient (Wildman–Crippen LogP) is -1.39. The summed E-state index contributed by atoms with van der Waals surface area (Å²) in [4.78, 5) is 25.2. The predicted molar refractivity (Wildman–Crippen MR) is 76.5 cm³/mol. The SMILES string of the molecule is CN(C)S(=O)(=O)N1CCCN(C(=O)C2CCC(=O)N2)CC1. The van der Waals surface area contributed by atoms with Gasteiger partial charge >= 0.3 is 0 Å². The minimum absolute atomic E-state index is 0.0972. The highest BCUT2D eigenvalue weighted by Gasteiger charge is 2.33. The van der Waals surface area contributed by atoms with Gasteiger partial charge in [0.05, 0.1) is 0 Å². The number of nitrogens with zero attached hydrogens (tertiary/aromatic N) is 3. The standard InChI is InChI=1S/C12H22N4O4S/c1-14(2)21(19,20)16-7-3-6-15(8-9-16)12(18)10-4-5-11(17)13-10/h10H,3-9H2,1-2H3,(H,13,17). The maximum atomic E-state index is 12.3. The van der Waals surface area contributed by atoms with E-state index in [0.29, 0.717) is 38.9 Å². The molecule has 1 unspecified atom stereocenters. The van der Waals surface area contributed by atoms with Crippen LogP contribution in [-0.2, 0) is 19.8 Å². The van der Waals surface area contributed by atoms with E-state index < -0.39 is 16.3 Å². The first-order valence-corrected chi connectivity index (χ1v) is 8.48. The van der Waals surface area contributed by atoms with Gasteiger partial charge in [0, 0.05) is 46.7 Å². The van der Waals surface area contributed by atoms with Gasteiger partial charge in [0.2, 0.25) is 11.8 Å². The molecule has 0 radical (unpaired) electrons. The van der Waals surface area contributed by atoms with E-state index in [4.69, 9.17) is 0 Å². The van der Waals surface area contributed by atoms with E-state index in [2.05, 4.69) is 5.32 Å². The molecular formula is C12H22N4O4S. The smallest absolute Gasteiger partial charge is 0.281 e. The summed E-state index contributed by atoms with van der Waals surface area (Å²) in [6.07, 6.45) is 1.50. The van der Waals surface area contributed by atoms with Crippen molar-refractivity contribution < 1.29 is 18.0 Å². The van der Waals surface area contributed by atoms with Crippen LogP contribution in [0.5, 0.6) is 0 Å². The van der Waals surface area contributed by atoms with Gasteiger partial charge in [-0.3, -0.25) is 9.59 Å². The zero-order chi connectivity index (χ0) is 15.6. The van der Waals surface area contributed by atoms with Crippen molar-refractivity contribution >= 4 is 22.0 Å². The molecule has 2 heterocycles. The zero-order valence-corrected chi connectivity index (χ0v) is 13.2. The van der Waals surface area contributed by atoms with Gasteiger partial charge in [0.15, 0.2) is 0 Å². The van der Waals surface area contributed by atoms with Crippen molar-refractivity contribution in [3.63, 3.8) is 0 Å². The van der Waals surface area contributed by atoms with Crippen molar-refractivity contribution in [3.8, 4) is 0 Å². The largest absolute Gasteiger partial charge is 0.344 e. The highest BCUT2D eigenvalue weighted by molar-refractivity contribution is 7.86. The summed E-state index contributed by atoms with van der Waals surface area (Å²) in [5, 5.41) is 2.66. The molecule has 0 spiro atoms. The Morgan fingerprint density at radius 1 is 1.24 bits per heavy atom. The fourth-order valence-corrected chi connectivity index (χ4v) is 3.73. The van der Waals surface area contributed by atoms with Gasteiger partial charge < -0.3 is 10.2 Å². The third-order valence-corrected chi connectivity index (χ3v) is 5.79. The van der Waals surface area contributed by atoms with Gasteiger partial charge in [-0.25, -0.2) is 0 Å². The fourth-order valence-electron chi connectivity index (χ4n) is 2.60. The van der Waals surface area contributed by atoms with Crippen LogP contribution < -0.4 is 5.32 Å². The topological polar surface area (TPSA) is 90.0 Å². The Morgan fingerprint density at radius 3 is 2.52 bits per heavy atom. The second kappa shape index (κ2) is 6.29. The Labute approximate surface area is 125 Å². The second-order valence-corrected chi connectivity index (χ2v) is 7.67. The molecule has 8 nitrogen and oxygen atoms in total. The minimum Gasteiger partial charge on any atom is -0.344 e. The molecule has 21 heavy (non-hydrogen) atoms. The summed E-state index contributed by atoms with van der Waals surface area (Å²) in [6.45, 7) is 1.57. The van der Waals surface area contributed by atoms with Crippen molar-refractivity contribution in [3.05, 3.63) is 0 Å². The molecule has 2 fully saturated rings. The lowest BCUT2D eigenvalue weighted by Crippen LogP contribution is -2.46. The quantitative estimate of drug-likeness (QED) is 0.693. The van der Waals surface area contributed by atoms with Gasteiger partial charge in [-0.15, -0.1) is 0 Å². The molecule has 2 amide bonds. The highest BCUT2D eigenvalue weighted by Crippen LogP contribution is 2.14. The van der Waals surface area contributed by atoms with Crippen molar-refractivity contribution in [1.82, 2.24) is 18.8 Å². The van der Waals surface area contributed by atoms with Gasteiger partial charge in [0.1, 0.15) is 6.04 Å². The molecule has 2 aliphatic heterocycles. The lowest BCUT2D eigenvalue weighted by Gasteiger charge is -2.25. The zero-order valence-electron chi connectivity index (χ0n) is 12.4. The van der Waals surface area contributed by atoms with Crippen molar-refractivity contribution in [2.45, 2.75) is 25.3 Å². The van der Waals surface area contributed by atoms with Gasteiger partial charge in [0.25, 0.3) is 10.2 Å². The number of amides is 2. The van der Waals surface area contributed by atoms with Crippen LogP contribution in [0.25, 0.3) is 0 Å². The van der Waals surface area contributed by atoms with Crippen LogP contribution in [0.3, 0.4) is 0 Å². The van der Waals surface area contributed by atoms with Gasteiger partial charge in [-0.05, 0) is 12.8 Å². The Balaban J connectivity index is 1.98. The van der Waals surface area contributed by atoms with E-state index in [0.717, 1.165) is 0 Å². The monoisotopic (exact) mass is 318 g/mol. The molecule has 1 N–H and O–H groups in total. The first-order valence-electron chi connectivity index (χ1n) is 7.08. The number of rotatable bonds is 3. The number of carbonyl (C=O) groups excluding carboxylic acids is 2. The molecule has 2 saturated heterocycles. The molecule has 2 aliphatic rings. The molecule has 0 aromatic rings. The van der Waals surface area contributed by atoms with Crippen LogP contribution >= 0.6 is 0 Å². The summed E-state index contributed by atoms with van der Waals surface area (Å²) in [7, 11) is -0.447. The fraction of sp³-hybridized carbons (Fsp3) is 0.833. The Hall–Kier alpha value is -1.19. The van der Waals surface area contributed by atoms with Crippen molar-refractivity contribution in [2.24, 2.45) is 0 Å². The van der Waals surface area contributed by atoms with Gasteiger partial charge in [-0.1, -0.05) is 0 Å². The lowest BCUT2D eigenvalue weighted by atomic mass is 10.2. The Morgan fingerprint density at radius 2 is 1.95 bits per heavy atom. The summed E-state index contributed by atoms with van der Waals surface area (Å²) >= 11 is 0. The third-order valence-electron chi connectivity index (χ3n) is 3.85. The Kier molecular flexibility index (Phi) is 4.84. The maximum Gasteiger partial charge on any atom is 0.281 e. The lowest BCUT2D eigenvalue weighted by molar-refractivity contribution is -0.134. The summed E-state index contributed by atoms with van der Waals surface area (Å²) in [5.74, 6) is -0.204. The maximum absolute atomic E-state index is 12.3. The minimum atomic E-state index is -3.44. The number of hydrogen-bond acceptors (Lipinski definition) is 4. The summed E-state index contributed by atoms with van der Waals surface area (Å²) < 4.78 is 26.8. The Bertz CT molecular complexity index is 519. The first-order chi connectivity index (χ1) is 9.82. The van der Waals surface area contributed by atoms with Crippen LogP contribution in [0, 0.1) is 0 Å². The second-order valence-electron chi connectivity index (χ2n) is 5.53. The molecule has 9 heteroatoms. The molecule has 0 aromatic heterocycles. The molecule has 1 atom stereocenters. The van der Waals surface area contributed by atoms with E-state index >= 15 is 0 Å². The van der Waals surface area contributed by atoms with Crippen molar-refractivity contribution in [2.75, 3.05) is 40.3 Å². The average Bonchev–Trinajstić information content (AvgIpc) is 2.71. The molecule has 0 aromatic carbocycles. The summed E-state index contributed by atoms with van der Waals surface area (Å²) in [5.41, 5.74) is 0. The van der Waals surface area contributed by atoms with Crippen LogP contribution in [0.15, 0.2) is 0 Å². The normalized spacial score (nSPS) is 25.0. The van der Waals surface area contributed by atoms with Gasteiger partial charge in [-0.2, -0.15) is 17.0 Å². The first kappa shape index (κ1) is 16.2. The molecular weight excluding hydrogens is 296 g/mol. The molecule has 0 bridgehead atoms. The molecule has 2 rings (SSSR count). The molecule has 0 aliphatic carbocycles. The number of carbonyl (C=O) groups is 2. The van der Waals surface area contributed by atoms with E-state index in [9.17, 15) is 18.0 Å². The molecule has 0 saturated carbocycles. The number of hydrogen-bond donors (Lipinski definition) is 1. The van der Waals surface area contributed by atoms with E-state index in [1.54, 1.807) is 4.90 Å². The van der Waals surface area contributed by atoms with Crippen LogP contribution in [-0.4, -0.2) is 80.1 Å². The van der Waals surface area contributed by atoms with Crippen LogP contribution in [0.2, 0.25) is 0 Å².